The topological polar surface area (TPSA) is 79.2 Å². The lowest BCUT2D eigenvalue weighted by Crippen LogP contribution is -2.41. The summed E-state index contributed by atoms with van der Waals surface area (Å²) in [6.07, 6.45) is 0. The maximum atomic E-state index is 12.4. The zero-order chi connectivity index (χ0) is 15.3. The number of nitrogens with one attached hydrogen (secondary N) is 1. The molecule has 0 aromatic heterocycles. The van der Waals surface area contributed by atoms with E-state index in [0.717, 1.165) is 0 Å². The molecule has 20 heavy (non-hydrogen) atoms. The molecule has 0 bridgehead atoms. The molecule has 1 atom stereocenters. The summed E-state index contributed by atoms with van der Waals surface area (Å²) in [4.78, 5) is 0.193. The summed E-state index contributed by atoms with van der Waals surface area (Å²) in [5.74, 6) is 0.114. The minimum absolute atomic E-state index is 0.114. The van der Waals surface area contributed by atoms with Crippen LogP contribution in [0.15, 0.2) is 23.1 Å². The normalized spacial score (nSPS) is 13.2. The molecule has 6 heteroatoms. The van der Waals surface area contributed by atoms with Gasteiger partial charge in [-0.25, -0.2) is 13.1 Å². The second kappa shape index (κ2) is 6.84. The summed E-state index contributed by atoms with van der Waals surface area (Å²) in [7, 11) is -2.08. The van der Waals surface area contributed by atoms with Gasteiger partial charge >= 0.3 is 0 Å². The van der Waals surface area contributed by atoms with Gasteiger partial charge in [-0.2, -0.15) is 5.26 Å². The number of nitrogens with zero attached hydrogens (tertiary/aromatic N) is 1. The van der Waals surface area contributed by atoms with Crippen molar-refractivity contribution in [2.24, 2.45) is 5.92 Å². The highest BCUT2D eigenvalue weighted by Crippen LogP contribution is 2.18. The molecule has 1 unspecified atom stereocenters. The molecule has 0 aliphatic carbocycles. The van der Waals surface area contributed by atoms with E-state index in [1.54, 1.807) is 13.0 Å². The van der Waals surface area contributed by atoms with Crippen molar-refractivity contribution in [2.45, 2.75) is 31.7 Å². The van der Waals surface area contributed by atoms with Crippen molar-refractivity contribution in [1.82, 2.24) is 4.72 Å². The highest BCUT2D eigenvalue weighted by molar-refractivity contribution is 7.89. The van der Waals surface area contributed by atoms with E-state index in [9.17, 15) is 8.42 Å². The third-order valence-corrected chi connectivity index (χ3v) is 4.70. The van der Waals surface area contributed by atoms with Gasteiger partial charge in [-0.05, 0) is 36.6 Å². The number of aryl methyl sites for hydroxylation is 1. The van der Waals surface area contributed by atoms with Gasteiger partial charge in [0.05, 0.1) is 23.1 Å². The Balaban J connectivity index is 3.08. The van der Waals surface area contributed by atoms with Gasteiger partial charge in [-0.1, -0.05) is 13.8 Å². The standard InChI is InChI=1S/C14H20N2O3S/c1-10(2)13(9-19-4)16-20(17,18)14-6-5-12(8-15)7-11(14)3/h5-7,10,13,16H,9H2,1-4H3. The highest BCUT2D eigenvalue weighted by Gasteiger charge is 2.23. The zero-order valence-electron chi connectivity index (χ0n) is 12.2. The third-order valence-electron chi connectivity index (χ3n) is 3.05. The molecule has 0 saturated carbocycles. The molecule has 1 aromatic rings. The maximum absolute atomic E-state index is 12.4. The van der Waals surface area contributed by atoms with E-state index in [1.807, 2.05) is 19.9 Å². The maximum Gasteiger partial charge on any atom is 0.241 e. The molecule has 0 radical (unpaired) electrons. The van der Waals surface area contributed by atoms with E-state index in [0.29, 0.717) is 17.7 Å². The van der Waals surface area contributed by atoms with Gasteiger partial charge in [0, 0.05) is 13.2 Å². The lowest BCUT2D eigenvalue weighted by atomic mass is 10.1. The van der Waals surface area contributed by atoms with Crippen LogP contribution in [0.4, 0.5) is 0 Å². The summed E-state index contributed by atoms with van der Waals surface area (Å²) < 4.78 is 32.5. The van der Waals surface area contributed by atoms with E-state index in [1.165, 1.54) is 19.2 Å². The van der Waals surface area contributed by atoms with Gasteiger partial charge in [0.15, 0.2) is 0 Å². The lowest BCUT2D eigenvalue weighted by molar-refractivity contribution is 0.157. The minimum atomic E-state index is -3.62. The van der Waals surface area contributed by atoms with Crippen LogP contribution in [0.2, 0.25) is 0 Å². The predicted molar refractivity (Wildman–Crippen MR) is 76.7 cm³/mol. The Labute approximate surface area is 120 Å². The molecule has 0 spiro atoms. The molecular formula is C14H20N2O3S. The molecule has 110 valence electrons. The Morgan fingerprint density at radius 1 is 1.40 bits per heavy atom. The smallest absolute Gasteiger partial charge is 0.241 e. The van der Waals surface area contributed by atoms with Gasteiger partial charge in [-0.15, -0.1) is 0 Å². The summed E-state index contributed by atoms with van der Waals surface area (Å²) in [5, 5.41) is 8.81. The van der Waals surface area contributed by atoms with Gasteiger partial charge in [0.25, 0.3) is 0 Å². The minimum Gasteiger partial charge on any atom is -0.383 e. The Morgan fingerprint density at radius 3 is 2.50 bits per heavy atom. The summed E-state index contributed by atoms with van der Waals surface area (Å²) in [6.45, 7) is 5.85. The quantitative estimate of drug-likeness (QED) is 0.868. The molecule has 1 aromatic carbocycles. The van der Waals surface area contributed by atoms with Crippen LogP contribution in [0.3, 0.4) is 0 Å². The molecule has 1 N–H and O–H groups in total. The monoisotopic (exact) mass is 296 g/mol. The molecule has 0 amide bonds. The number of ether oxygens (including phenoxy) is 1. The average Bonchev–Trinajstić information content (AvgIpc) is 2.37. The van der Waals surface area contributed by atoms with Gasteiger partial charge < -0.3 is 4.74 Å². The number of rotatable bonds is 6. The number of sulfonamides is 1. The third kappa shape index (κ3) is 4.04. The van der Waals surface area contributed by atoms with Crippen LogP contribution in [-0.2, 0) is 14.8 Å². The summed E-state index contributed by atoms with van der Waals surface area (Å²) in [6, 6.07) is 6.22. The second-order valence-corrected chi connectivity index (χ2v) is 6.70. The first kappa shape index (κ1) is 16.6. The molecular weight excluding hydrogens is 276 g/mol. The van der Waals surface area contributed by atoms with Crippen LogP contribution in [0.25, 0.3) is 0 Å². The van der Waals surface area contributed by atoms with Crippen molar-refractivity contribution in [3.8, 4) is 6.07 Å². The van der Waals surface area contributed by atoms with Gasteiger partial charge in [0.2, 0.25) is 10.0 Å². The Morgan fingerprint density at radius 2 is 2.05 bits per heavy atom. The van der Waals surface area contributed by atoms with Crippen molar-refractivity contribution < 1.29 is 13.2 Å². The largest absolute Gasteiger partial charge is 0.383 e. The summed E-state index contributed by atoms with van der Waals surface area (Å²) in [5.41, 5.74) is 0.996. The van der Waals surface area contributed by atoms with E-state index in [2.05, 4.69) is 4.72 Å². The fourth-order valence-electron chi connectivity index (χ4n) is 1.83. The van der Waals surface area contributed by atoms with Crippen molar-refractivity contribution in [2.75, 3.05) is 13.7 Å². The first-order valence-corrected chi connectivity index (χ1v) is 7.82. The van der Waals surface area contributed by atoms with Crippen LogP contribution in [0.1, 0.15) is 25.0 Å². The first-order chi connectivity index (χ1) is 9.31. The van der Waals surface area contributed by atoms with Crippen LogP contribution in [0, 0.1) is 24.2 Å². The van der Waals surface area contributed by atoms with Crippen LogP contribution in [0.5, 0.6) is 0 Å². The fraction of sp³-hybridized carbons (Fsp3) is 0.500. The fourth-order valence-corrected chi connectivity index (χ4v) is 3.42. The number of methoxy groups -OCH3 is 1. The predicted octanol–water partition coefficient (Wildman–Crippen LogP) is 1.82. The van der Waals surface area contributed by atoms with E-state index >= 15 is 0 Å². The van der Waals surface area contributed by atoms with Crippen LogP contribution >= 0.6 is 0 Å². The second-order valence-electron chi connectivity index (χ2n) is 5.02. The van der Waals surface area contributed by atoms with Crippen molar-refractivity contribution in [1.29, 1.82) is 5.26 Å². The molecule has 0 saturated heterocycles. The molecule has 1 rings (SSSR count). The SMILES string of the molecule is COCC(NS(=O)(=O)c1ccc(C#N)cc1C)C(C)C. The lowest BCUT2D eigenvalue weighted by Gasteiger charge is -2.22. The molecule has 0 heterocycles. The molecule has 0 fully saturated rings. The summed E-state index contributed by atoms with van der Waals surface area (Å²) >= 11 is 0. The Bertz CT molecular complexity index is 603. The van der Waals surface area contributed by atoms with E-state index in [4.69, 9.17) is 10.00 Å². The molecule has 0 aliphatic rings. The van der Waals surface area contributed by atoms with Crippen molar-refractivity contribution in [3.63, 3.8) is 0 Å². The zero-order valence-corrected chi connectivity index (χ0v) is 13.0. The Hall–Kier alpha value is -1.42. The van der Waals surface area contributed by atoms with Crippen LogP contribution < -0.4 is 4.72 Å². The van der Waals surface area contributed by atoms with Crippen LogP contribution in [-0.4, -0.2) is 28.2 Å². The number of benzene rings is 1. The molecule has 5 nitrogen and oxygen atoms in total. The Kier molecular flexibility index (Phi) is 5.69. The van der Waals surface area contributed by atoms with E-state index in [-0.39, 0.29) is 16.9 Å². The highest BCUT2D eigenvalue weighted by atomic mass is 32.2. The number of hydrogen-bond acceptors (Lipinski definition) is 4. The van der Waals surface area contributed by atoms with E-state index < -0.39 is 10.0 Å². The van der Waals surface area contributed by atoms with Gasteiger partial charge in [0.1, 0.15) is 0 Å². The van der Waals surface area contributed by atoms with Crippen molar-refractivity contribution >= 4 is 10.0 Å². The van der Waals surface area contributed by atoms with Gasteiger partial charge in [-0.3, -0.25) is 0 Å². The first-order valence-electron chi connectivity index (χ1n) is 6.34. The number of hydrogen-bond donors (Lipinski definition) is 1. The van der Waals surface area contributed by atoms with Crippen molar-refractivity contribution in [3.05, 3.63) is 29.3 Å². The molecule has 0 aliphatic heterocycles. The number of nitriles is 1. The average molecular weight is 296 g/mol.